The van der Waals surface area contributed by atoms with Crippen LogP contribution < -0.4 is 5.32 Å². The molecule has 0 aromatic heterocycles. The van der Waals surface area contributed by atoms with Gasteiger partial charge in [0.15, 0.2) is 5.78 Å². The number of aliphatic hydroxyl groups is 1. The summed E-state index contributed by atoms with van der Waals surface area (Å²) < 4.78 is 0. The minimum atomic E-state index is -0.590. The van der Waals surface area contributed by atoms with Gasteiger partial charge in [-0.05, 0) is 24.6 Å². The number of ketones is 1. The van der Waals surface area contributed by atoms with Crippen molar-refractivity contribution in [3.05, 3.63) is 29.3 Å². The van der Waals surface area contributed by atoms with E-state index in [4.69, 9.17) is 5.11 Å². The van der Waals surface area contributed by atoms with Gasteiger partial charge >= 0.3 is 0 Å². The SMILES string of the molecule is CC(O)Nc1ccc2c(c1)C(=O)C2. The number of benzene rings is 1. The van der Waals surface area contributed by atoms with Crippen LogP contribution in [0.25, 0.3) is 0 Å². The van der Waals surface area contributed by atoms with Crippen molar-refractivity contribution in [2.24, 2.45) is 0 Å². The van der Waals surface area contributed by atoms with Gasteiger partial charge in [0.2, 0.25) is 0 Å². The van der Waals surface area contributed by atoms with E-state index < -0.39 is 6.23 Å². The van der Waals surface area contributed by atoms with E-state index in [-0.39, 0.29) is 5.78 Å². The Kier molecular flexibility index (Phi) is 1.81. The standard InChI is InChI=1S/C10H11NO2/c1-6(12)11-8-3-2-7-4-10(13)9(7)5-8/h2-3,5-6,11-12H,4H2,1H3. The minimum absolute atomic E-state index is 0.184. The van der Waals surface area contributed by atoms with Gasteiger partial charge in [0, 0.05) is 17.7 Å². The van der Waals surface area contributed by atoms with Crippen LogP contribution in [-0.4, -0.2) is 17.1 Å². The molecule has 0 spiro atoms. The third kappa shape index (κ3) is 1.42. The zero-order valence-electron chi connectivity index (χ0n) is 7.37. The number of hydrogen-bond acceptors (Lipinski definition) is 3. The summed E-state index contributed by atoms with van der Waals surface area (Å²) in [5.74, 6) is 0.184. The van der Waals surface area contributed by atoms with Crippen LogP contribution in [0, 0.1) is 0 Å². The van der Waals surface area contributed by atoms with E-state index in [0.29, 0.717) is 6.42 Å². The van der Waals surface area contributed by atoms with Crippen molar-refractivity contribution in [2.45, 2.75) is 19.6 Å². The van der Waals surface area contributed by atoms with Crippen molar-refractivity contribution >= 4 is 11.5 Å². The molecule has 1 aliphatic rings. The lowest BCUT2D eigenvalue weighted by atomic mass is 9.87. The molecule has 0 saturated heterocycles. The van der Waals surface area contributed by atoms with Crippen molar-refractivity contribution < 1.29 is 9.90 Å². The average Bonchev–Trinajstić information content (AvgIpc) is 2.05. The van der Waals surface area contributed by atoms with Crippen LogP contribution in [0.1, 0.15) is 22.8 Å². The second kappa shape index (κ2) is 2.85. The number of aliphatic hydroxyl groups excluding tert-OH is 1. The zero-order valence-corrected chi connectivity index (χ0v) is 7.37. The van der Waals surface area contributed by atoms with Gasteiger partial charge in [-0.1, -0.05) is 6.07 Å². The van der Waals surface area contributed by atoms with E-state index in [1.807, 2.05) is 12.1 Å². The number of fused-ring (bicyclic) bond motifs is 1. The number of anilines is 1. The van der Waals surface area contributed by atoms with Gasteiger partial charge in [-0.3, -0.25) is 4.79 Å². The van der Waals surface area contributed by atoms with Gasteiger partial charge in [-0.2, -0.15) is 0 Å². The molecule has 0 fully saturated rings. The molecule has 0 radical (unpaired) electrons. The monoisotopic (exact) mass is 177 g/mol. The Balaban J connectivity index is 2.25. The molecule has 2 rings (SSSR count). The first kappa shape index (κ1) is 8.26. The van der Waals surface area contributed by atoms with E-state index >= 15 is 0 Å². The Bertz CT molecular complexity index is 358. The highest BCUT2D eigenvalue weighted by molar-refractivity contribution is 6.07. The number of nitrogens with one attached hydrogen (secondary N) is 1. The fraction of sp³-hybridized carbons (Fsp3) is 0.300. The van der Waals surface area contributed by atoms with E-state index in [9.17, 15) is 4.79 Å². The maximum absolute atomic E-state index is 11.1. The van der Waals surface area contributed by atoms with Crippen LogP contribution in [-0.2, 0) is 6.42 Å². The highest BCUT2D eigenvalue weighted by atomic mass is 16.3. The first-order valence-corrected chi connectivity index (χ1v) is 4.27. The van der Waals surface area contributed by atoms with Gasteiger partial charge in [-0.15, -0.1) is 0 Å². The van der Waals surface area contributed by atoms with Gasteiger partial charge in [-0.25, -0.2) is 0 Å². The molecule has 1 unspecified atom stereocenters. The minimum Gasteiger partial charge on any atom is -0.374 e. The molecule has 0 saturated carbocycles. The normalized spacial score (nSPS) is 16.0. The highest BCUT2D eigenvalue weighted by Gasteiger charge is 2.22. The number of carbonyl (C=O) groups excluding carboxylic acids is 1. The Morgan fingerprint density at radius 2 is 2.31 bits per heavy atom. The molecule has 0 bridgehead atoms. The first-order chi connectivity index (χ1) is 6.16. The third-order valence-electron chi connectivity index (χ3n) is 2.14. The van der Waals surface area contributed by atoms with Crippen molar-refractivity contribution in [3.63, 3.8) is 0 Å². The summed E-state index contributed by atoms with van der Waals surface area (Å²) in [7, 11) is 0. The second-order valence-corrected chi connectivity index (χ2v) is 3.29. The molecular formula is C10H11NO2. The lowest BCUT2D eigenvalue weighted by Crippen LogP contribution is -2.20. The molecule has 13 heavy (non-hydrogen) atoms. The number of rotatable bonds is 2. The van der Waals surface area contributed by atoms with Crippen molar-refractivity contribution in [1.29, 1.82) is 0 Å². The second-order valence-electron chi connectivity index (χ2n) is 3.29. The molecule has 68 valence electrons. The molecule has 3 heteroatoms. The smallest absolute Gasteiger partial charge is 0.167 e. The van der Waals surface area contributed by atoms with E-state index in [2.05, 4.69) is 5.32 Å². The van der Waals surface area contributed by atoms with E-state index in [1.165, 1.54) is 0 Å². The molecule has 1 aromatic rings. The third-order valence-corrected chi connectivity index (χ3v) is 2.14. The summed E-state index contributed by atoms with van der Waals surface area (Å²) in [6.45, 7) is 1.64. The molecule has 1 aromatic carbocycles. The maximum Gasteiger partial charge on any atom is 0.167 e. The summed E-state index contributed by atoms with van der Waals surface area (Å²) in [4.78, 5) is 11.1. The summed E-state index contributed by atoms with van der Waals surface area (Å²) in [6.07, 6.45) is -0.0298. The predicted molar refractivity (Wildman–Crippen MR) is 49.8 cm³/mol. The van der Waals surface area contributed by atoms with Gasteiger partial charge in [0.1, 0.15) is 6.23 Å². The van der Waals surface area contributed by atoms with Crippen molar-refractivity contribution in [3.8, 4) is 0 Å². The summed E-state index contributed by atoms with van der Waals surface area (Å²) in [5.41, 5.74) is 2.67. The van der Waals surface area contributed by atoms with Crippen LogP contribution in [0.15, 0.2) is 18.2 Å². The van der Waals surface area contributed by atoms with E-state index in [0.717, 1.165) is 16.8 Å². The van der Waals surface area contributed by atoms with Crippen LogP contribution in [0.5, 0.6) is 0 Å². The largest absolute Gasteiger partial charge is 0.374 e. The fourth-order valence-corrected chi connectivity index (χ4v) is 1.48. The highest BCUT2D eigenvalue weighted by Crippen LogP contribution is 2.25. The van der Waals surface area contributed by atoms with Gasteiger partial charge < -0.3 is 10.4 Å². The molecule has 0 heterocycles. The molecule has 0 aliphatic heterocycles. The Hall–Kier alpha value is -1.35. The Morgan fingerprint density at radius 3 is 2.92 bits per heavy atom. The van der Waals surface area contributed by atoms with Crippen molar-refractivity contribution in [1.82, 2.24) is 0 Å². The predicted octanol–water partition coefficient (Wildman–Crippen LogP) is 1.18. The van der Waals surface area contributed by atoms with Crippen LogP contribution >= 0.6 is 0 Å². The summed E-state index contributed by atoms with van der Waals surface area (Å²) in [6, 6.07) is 5.58. The van der Waals surface area contributed by atoms with E-state index in [1.54, 1.807) is 13.0 Å². The molecule has 1 aliphatic carbocycles. The molecule has 2 N–H and O–H groups in total. The van der Waals surface area contributed by atoms with Gasteiger partial charge in [0.25, 0.3) is 0 Å². The summed E-state index contributed by atoms with van der Waals surface area (Å²) in [5, 5.41) is 11.9. The maximum atomic E-state index is 11.1. The quantitative estimate of drug-likeness (QED) is 0.667. The number of hydrogen-bond donors (Lipinski definition) is 2. The summed E-state index contributed by atoms with van der Waals surface area (Å²) >= 11 is 0. The number of carbonyl (C=O) groups is 1. The Labute approximate surface area is 76.4 Å². The topological polar surface area (TPSA) is 49.3 Å². The lowest BCUT2D eigenvalue weighted by molar-refractivity contribution is 0.0968. The Morgan fingerprint density at radius 1 is 1.54 bits per heavy atom. The number of Topliss-reactive ketones (excluding diaryl/α,β-unsaturated/α-hetero) is 1. The molecule has 0 amide bonds. The van der Waals surface area contributed by atoms with Crippen molar-refractivity contribution in [2.75, 3.05) is 5.32 Å². The average molecular weight is 177 g/mol. The fourth-order valence-electron chi connectivity index (χ4n) is 1.48. The van der Waals surface area contributed by atoms with Gasteiger partial charge in [0.05, 0.1) is 0 Å². The molecular weight excluding hydrogens is 166 g/mol. The molecule has 1 atom stereocenters. The zero-order chi connectivity index (χ0) is 9.42. The lowest BCUT2D eigenvalue weighted by Gasteiger charge is -2.19. The molecule has 3 nitrogen and oxygen atoms in total. The van der Waals surface area contributed by atoms with Crippen LogP contribution in [0.4, 0.5) is 5.69 Å². The first-order valence-electron chi connectivity index (χ1n) is 4.27. The van der Waals surface area contributed by atoms with Crippen LogP contribution in [0.3, 0.4) is 0 Å². The van der Waals surface area contributed by atoms with Crippen LogP contribution in [0.2, 0.25) is 0 Å².